The third kappa shape index (κ3) is 2.74. The normalized spacial score (nSPS) is 30.9. The first kappa shape index (κ1) is 15.1. The van der Waals surface area contributed by atoms with Gasteiger partial charge in [0.25, 0.3) is 5.91 Å². The number of hydrogen-bond acceptors (Lipinski definition) is 7. The van der Waals surface area contributed by atoms with Crippen molar-refractivity contribution in [2.45, 2.75) is 17.6 Å². The van der Waals surface area contributed by atoms with Gasteiger partial charge in [-0.1, -0.05) is 17.8 Å². The van der Waals surface area contributed by atoms with Crippen LogP contribution in [0.25, 0.3) is 0 Å². The molecule has 2 unspecified atom stereocenters. The Morgan fingerprint density at radius 1 is 1.30 bits per heavy atom. The predicted molar refractivity (Wildman–Crippen MR) is 80.2 cm³/mol. The molecule has 2 aliphatic heterocycles. The van der Waals surface area contributed by atoms with Crippen LogP contribution >= 0.6 is 23.5 Å². The van der Waals surface area contributed by atoms with E-state index in [4.69, 9.17) is 0 Å². The number of amidine groups is 2. The Kier molecular flexibility index (Phi) is 4.51. The van der Waals surface area contributed by atoms with Crippen LogP contribution in [0.2, 0.25) is 0 Å². The molecule has 7 nitrogen and oxygen atoms in total. The average Bonchev–Trinajstić information content (AvgIpc) is 2.82. The summed E-state index contributed by atoms with van der Waals surface area (Å²) in [6, 6.07) is 0. The van der Waals surface area contributed by atoms with E-state index in [9.17, 15) is 14.7 Å². The van der Waals surface area contributed by atoms with Crippen molar-refractivity contribution in [3.63, 3.8) is 0 Å². The summed E-state index contributed by atoms with van der Waals surface area (Å²) in [5, 5.41) is 18.0. The van der Waals surface area contributed by atoms with Crippen LogP contribution in [0.15, 0.2) is 22.9 Å². The first-order chi connectivity index (χ1) is 9.45. The molecule has 1 N–H and O–H groups in total. The first-order valence-electron chi connectivity index (χ1n) is 5.82. The Morgan fingerprint density at radius 3 is 2.50 bits per heavy atom. The zero-order valence-electron chi connectivity index (χ0n) is 11.0. The quantitative estimate of drug-likeness (QED) is 0.598. The lowest BCUT2D eigenvalue weighted by molar-refractivity contribution is -0.130. The number of aliphatic hydroxyl groups excluding tert-OH is 1. The van der Waals surface area contributed by atoms with Gasteiger partial charge in [0.1, 0.15) is 0 Å². The molecule has 0 bridgehead atoms. The van der Waals surface area contributed by atoms with Gasteiger partial charge in [0.15, 0.2) is 15.8 Å². The Hall–Kier alpha value is -1.32. The topological polar surface area (TPSA) is 85.6 Å². The van der Waals surface area contributed by atoms with Gasteiger partial charge < -0.3 is 5.11 Å². The summed E-state index contributed by atoms with van der Waals surface area (Å²) in [4.78, 5) is 26.0. The SMILES string of the molecule is C=CCN1C(=O)C(C)S/C1=N/N=C1/SC(O)C(=O)N1C. The van der Waals surface area contributed by atoms with Gasteiger partial charge in [-0.3, -0.25) is 19.4 Å². The van der Waals surface area contributed by atoms with Crippen molar-refractivity contribution in [3.8, 4) is 0 Å². The van der Waals surface area contributed by atoms with Crippen molar-refractivity contribution in [2.24, 2.45) is 10.2 Å². The molecule has 2 heterocycles. The minimum atomic E-state index is -1.14. The number of carbonyl (C=O) groups is 2. The molecule has 2 fully saturated rings. The summed E-state index contributed by atoms with van der Waals surface area (Å²) in [6.45, 7) is 5.76. The fourth-order valence-corrected chi connectivity index (χ4v) is 3.34. The Balaban J connectivity index is 2.20. The van der Waals surface area contributed by atoms with Crippen molar-refractivity contribution >= 4 is 45.7 Å². The number of nitrogens with zero attached hydrogens (tertiary/aromatic N) is 4. The van der Waals surface area contributed by atoms with Crippen LogP contribution in [-0.4, -0.2) is 61.3 Å². The van der Waals surface area contributed by atoms with E-state index in [2.05, 4.69) is 16.8 Å². The Labute approximate surface area is 124 Å². The fourth-order valence-electron chi connectivity index (χ4n) is 1.63. The highest BCUT2D eigenvalue weighted by atomic mass is 32.2. The molecule has 9 heteroatoms. The summed E-state index contributed by atoms with van der Waals surface area (Å²) in [7, 11) is 1.52. The number of hydrogen-bond donors (Lipinski definition) is 1. The van der Waals surface area contributed by atoms with E-state index in [0.717, 1.165) is 11.8 Å². The highest BCUT2D eigenvalue weighted by Crippen LogP contribution is 2.28. The van der Waals surface area contributed by atoms with Gasteiger partial charge in [0.2, 0.25) is 5.91 Å². The van der Waals surface area contributed by atoms with Crippen LogP contribution in [-0.2, 0) is 9.59 Å². The lowest BCUT2D eigenvalue weighted by Gasteiger charge is -2.12. The van der Waals surface area contributed by atoms with Gasteiger partial charge in [-0.05, 0) is 18.7 Å². The summed E-state index contributed by atoms with van der Waals surface area (Å²) < 4.78 is 0. The van der Waals surface area contributed by atoms with E-state index in [0.29, 0.717) is 16.9 Å². The third-order valence-electron chi connectivity index (χ3n) is 2.71. The molecule has 108 valence electrons. The molecule has 0 spiro atoms. The molecule has 2 rings (SSSR count). The van der Waals surface area contributed by atoms with Gasteiger partial charge >= 0.3 is 0 Å². The number of aliphatic hydroxyl groups is 1. The van der Waals surface area contributed by atoms with Crippen LogP contribution in [0, 0.1) is 0 Å². The van der Waals surface area contributed by atoms with E-state index in [1.807, 2.05) is 0 Å². The molecular formula is C11H14N4O3S2. The van der Waals surface area contributed by atoms with E-state index in [-0.39, 0.29) is 11.2 Å². The summed E-state index contributed by atoms with van der Waals surface area (Å²) in [5.74, 6) is -0.474. The van der Waals surface area contributed by atoms with Crippen LogP contribution in [0.4, 0.5) is 0 Å². The van der Waals surface area contributed by atoms with Crippen molar-refractivity contribution in [1.82, 2.24) is 9.80 Å². The fraction of sp³-hybridized carbons (Fsp3) is 0.455. The van der Waals surface area contributed by atoms with Crippen molar-refractivity contribution < 1.29 is 14.7 Å². The van der Waals surface area contributed by atoms with E-state index >= 15 is 0 Å². The van der Waals surface area contributed by atoms with Gasteiger partial charge in [-0.25, -0.2) is 0 Å². The monoisotopic (exact) mass is 314 g/mol. The zero-order valence-corrected chi connectivity index (χ0v) is 12.6. The van der Waals surface area contributed by atoms with Crippen molar-refractivity contribution in [2.75, 3.05) is 13.6 Å². The number of rotatable bonds is 3. The predicted octanol–water partition coefficient (Wildman–Crippen LogP) is 0.287. The Bertz CT molecular complexity index is 520. The summed E-state index contributed by atoms with van der Waals surface area (Å²) in [5.41, 5.74) is -1.14. The minimum Gasteiger partial charge on any atom is -0.373 e. The second-order valence-corrected chi connectivity index (χ2v) is 6.49. The highest BCUT2D eigenvalue weighted by Gasteiger charge is 2.36. The second-order valence-electron chi connectivity index (χ2n) is 4.13. The van der Waals surface area contributed by atoms with Crippen LogP contribution < -0.4 is 0 Å². The molecule has 0 radical (unpaired) electrons. The maximum atomic E-state index is 11.9. The maximum Gasteiger partial charge on any atom is 0.268 e. The highest BCUT2D eigenvalue weighted by molar-refractivity contribution is 8.15. The first-order valence-corrected chi connectivity index (χ1v) is 7.58. The zero-order chi connectivity index (χ0) is 14.9. The van der Waals surface area contributed by atoms with Gasteiger partial charge in [-0.15, -0.1) is 16.8 Å². The molecule has 20 heavy (non-hydrogen) atoms. The van der Waals surface area contributed by atoms with Gasteiger partial charge in [0.05, 0.1) is 5.25 Å². The average molecular weight is 314 g/mol. The van der Waals surface area contributed by atoms with E-state index in [1.54, 1.807) is 13.0 Å². The van der Waals surface area contributed by atoms with E-state index in [1.165, 1.54) is 28.6 Å². The lowest BCUT2D eigenvalue weighted by atomic mass is 10.4. The van der Waals surface area contributed by atoms with Crippen LogP contribution in [0.3, 0.4) is 0 Å². The van der Waals surface area contributed by atoms with Crippen LogP contribution in [0.1, 0.15) is 6.92 Å². The molecule has 2 aliphatic rings. The van der Waals surface area contributed by atoms with Gasteiger partial charge in [0, 0.05) is 13.6 Å². The molecule has 0 aromatic rings. The molecular weight excluding hydrogens is 300 g/mol. The largest absolute Gasteiger partial charge is 0.373 e. The number of carbonyl (C=O) groups excluding carboxylic acids is 2. The Morgan fingerprint density at radius 2 is 1.95 bits per heavy atom. The van der Waals surface area contributed by atoms with Crippen LogP contribution in [0.5, 0.6) is 0 Å². The van der Waals surface area contributed by atoms with Gasteiger partial charge in [-0.2, -0.15) is 0 Å². The molecule has 2 amide bonds. The van der Waals surface area contributed by atoms with Crippen molar-refractivity contribution in [1.29, 1.82) is 0 Å². The molecule has 0 aromatic carbocycles. The summed E-state index contributed by atoms with van der Waals surface area (Å²) >= 11 is 2.23. The molecule has 2 atom stereocenters. The molecule has 0 saturated carbocycles. The summed E-state index contributed by atoms with van der Waals surface area (Å²) in [6.07, 6.45) is 1.61. The number of likely N-dealkylation sites (N-methyl/N-ethyl adjacent to an activating group) is 1. The molecule has 2 saturated heterocycles. The van der Waals surface area contributed by atoms with E-state index < -0.39 is 11.3 Å². The number of thioether (sulfide) groups is 2. The third-order valence-corrected chi connectivity index (χ3v) is 4.76. The number of amides is 2. The maximum absolute atomic E-state index is 11.9. The molecule has 0 aromatic heterocycles. The standard InChI is InChI=1S/C11H14N4O3S2/c1-4-5-15-7(16)6(2)19-11(15)13-12-10-14(3)8(17)9(18)20-10/h4,6,9,18H,1,5H2,2-3H3/b12-10+,13-11+. The minimum absolute atomic E-state index is 0.0441. The lowest BCUT2D eigenvalue weighted by Crippen LogP contribution is -2.31. The van der Waals surface area contributed by atoms with Crippen molar-refractivity contribution in [3.05, 3.63) is 12.7 Å². The smallest absolute Gasteiger partial charge is 0.268 e. The molecule has 0 aliphatic carbocycles. The second kappa shape index (κ2) is 5.98.